The van der Waals surface area contributed by atoms with Gasteiger partial charge in [-0.05, 0) is 0 Å². The molecule has 0 bridgehead atoms. The Bertz CT molecular complexity index is 33.2. The Morgan fingerprint density at radius 3 is 1.62 bits per heavy atom. The van der Waals surface area contributed by atoms with E-state index < -0.39 is 0 Å². The molecule has 0 aromatic rings. The second kappa shape index (κ2) is 10.5. The Morgan fingerprint density at radius 2 is 1.38 bits per heavy atom. The van der Waals surface area contributed by atoms with Crippen molar-refractivity contribution in [1.82, 2.24) is 5.32 Å². The summed E-state index contributed by atoms with van der Waals surface area (Å²) in [5.74, 6) is 0. The van der Waals surface area contributed by atoms with E-state index in [0.717, 1.165) is 0 Å². The maximum absolute atomic E-state index is 8.15. The van der Waals surface area contributed by atoms with E-state index in [1.54, 1.807) is 0 Å². The van der Waals surface area contributed by atoms with Gasteiger partial charge in [-0.2, -0.15) is 0 Å². The third-order valence-corrected chi connectivity index (χ3v) is 0.577. The van der Waals surface area contributed by atoms with E-state index >= 15 is 0 Å². The number of rotatable bonds is 4. The summed E-state index contributed by atoms with van der Waals surface area (Å²) in [6.07, 6.45) is 0. The Labute approximate surface area is 63.4 Å². The van der Waals surface area contributed by atoms with Crippen LogP contribution in [0.4, 0.5) is 0 Å². The van der Waals surface area contributed by atoms with Crippen LogP contribution in [0.3, 0.4) is 0 Å². The van der Waals surface area contributed by atoms with Gasteiger partial charge in [0, 0.05) is 34.2 Å². The standard InChI is InChI=1S/C4H11NO2.Mo/c6-3-1-5-2-4-7;/h5-7H,1-4H2;. The summed E-state index contributed by atoms with van der Waals surface area (Å²) in [6, 6.07) is 0. The summed E-state index contributed by atoms with van der Waals surface area (Å²) >= 11 is 0. The van der Waals surface area contributed by atoms with E-state index in [1.807, 2.05) is 0 Å². The van der Waals surface area contributed by atoms with Crippen molar-refractivity contribution < 1.29 is 31.3 Å². The van der Waals surface area contributed by atoms with Crippen LogP contribution in [0.1, 0.15) is 0 Å². The van der Waals surface area contributed by atoms with Gasteiger partial charge in [-0.3, -0.25) is 0 Å². The molecule has 0 amide bonds. The van der Waals surface area contributed by atoms with Crippen molar-refractivity contribution in [2.24, 2.45) is 0 Å². The quantitative estimate of drug-likeness (QED) is 0.385. The third-order valence-electron chi connectivity index (χ3n) is 0.577. The average Bonchev–Trinajstić information content (AvgIpc) is 1.69. The zero-order chi connectivity index (χ0) is 5.54. The molecule has 0 saturated heterocycles. The zero-order valence-electron chi connectivity index (χ0n) is 4.63. The molecule has 0 rings (SSSR count). The fourth-order valence-corrected chi connectivity index (χ4v) is 0.283. The van der Waals surface area contributed by atoms with Gasteiger partial charge in [0.05, 0.1) is 13.2 Å². The second-order valence-corrected chi connectivity index (χ2v) is 1.20. The fraction of sp³-hybridized carbons (Fsp3) is 1.00. The van der Waals surface area contributed by atoms with Crippen LogP contribution in [-0.2, 0) is 21.1 Å². The van der Waals surface area contributed by atoms with Gasteiger partial charge in [-0.25, -0.2) is 0 Å². The van der Waals surface area contributed by atoms with Gasteiger partial charge in [0.25, 0.3) is 0 Å². The molecule has 0 aliphatic heterocycles. The van der Waals surface area contributed by atoms with Gasteiger partial charge in [0.1, 0.15) is 0 Å². The minimum atomic E-state index is 0. The Kier molecular flexibility index (Phi) is 15.0. The Hall–Kier alpha value is 0.568. The first-order valence-corrected chi connectivity index (χ1v) is 2.34. The smallest absolute Gasteiger partial charge is 0.0555 e. The zero-order valence-corrected chi connectivity index (χ0v) is 6.64. The Balaban J connectivity index is 0. The van der Waals surface area contributed by atoms with E-state index in [0.29, 0.717) is 13.1 Å². The van der Waals surface area contributed by atoms with Gasteiger partial charge in [0.2, 0.25) is 0 Å². The maximum Gasteiger partial charge on any atom is 0.0555 e. The SMILES string of the molecule is OCCNCCO.[Mo]. The summed E-state index contributed by atoms with van der Waals surface area (Å²) in [6.45, 7) is 1.42. The van der Waals surface area contributed by atoms with Crippen LogP contribution < -0.4 is 5.32 Å². The van der Waals surface area contributed by atoms with Crippen LogP contribution in [0, 0.1) is 0 Å². The van der Waals surface area contributed by atoms with Crippen LogP contribution in [0.15, 0.2) is 0 Å². The van der Waals surface area contributed by atoms with E-state index in [2.05, 4.69) is 5.32 Å². The first-order valence-electron chi connectivity index (χ1n) is 2.34. The maximum atomic E-state index is 8.15. The van der Waals surface area contributed by atoms with Crippen LogP contribution in [0.2, 0.25) is 0 Å². The van der Waals surface area contributed by atoms with E-state index in [4.69, 9.17) is 10.2 Å². The topological polar surface area (TPSA) is 52.5 Å². The fourth-order valence-electron chi connectivity index (χ4n) is 0.283. The molecular formula is C4H11MoNO2. The van der Waals surface area contributed by atoms with Gasteiger partial charge < -0.3 is 15.5 Å². The van der Waals surface area contributed by atoms with Gasteiger partial charge in [-0.15, -0.1) is 0 Å². The predicted octanol–water partition coefficient (Wildman–Crippen LogP) is -1.44. The monoisotopic (exact) mass is 203 g/mol. The number of aliphatic hydroxyl groups excluding tert-OH is 2. The minimum Gasteiger partial charge on any atom is -0.395 e. The van der Waals surface area contributed by atoms with Crippen LogP contribution in [0.5, 0.6) is 0 Å². The predicted molar refractivity (Wildman–Crippen MR) is 27.0 cm³/mol. The Morgan fingerprint density at radius 1 is 1.00 bits per heavy atom. The van der Waals surface area contributed by atoms with Gasteiger partial charge in [0.15, 0.2) is 0 Å². The molecule has 0 unspecified atom stereocenters. The largest absolute Gasteiger partial charge is 0.395 e. The van der Waals surface area contributed by atoms with E-state index in [-0.39, 0.29) is 34.3 Å². The van der Waals surface area contributed by atoms with Crippen molar-refractivity contribution in [3.63, 3.8) is 0 Å². The number of nitrogens with one attached hydrogen (secondary N) is 1. The molecule has 0 aliphatic rings. The summed E-state index contributed by atoms with van der Waals surface area (Å²) in [5, 5.41) is 19.1. The summed E-state index contributed by atoms with van der Waals surface area (Å²) in [4.78, 5) is 0. The van der Waals surface area contributed by atoms with Crippen molar-refractivity contribution in [2.75, 3.05) is 26.3 Å². The van der Waals surface area contributed by atoms with Crippen molar-refractivity contribution in [1.29, 1.82) is 0 Å². The number of hydrogen-bond donors (Lipinski definition) is 3. The van der Waals surface area contributed by atoms with Gasteiger partial charge >= 0.3 is 0 Å². The van der Waals surface area contributed by atoms with Crippen molar-refractivity contribution in [2.45, 2.75) is 0 Å². The molecule has 8 heavy (non-hydrogen) atoms. The molecule has 0 atom stereocenters. The van der Waals surface area contributed by atoms with Crippen LogP contribution >= 0.6 is 0 Å². The molecule has 0 saturated carbocycles. The molecule has 0 aromatic heterocycles. The molecule has 0 heterocycles. The molecule has 0 radical (unpaired) electrons. The molecule has 0 aromatic carbocycles. The van der Waals surface area contributed by atoms with Crippen LogP contribution in [-0.4, -0.2) is 36.5 Å². The molecule has 3 nitrogen and oxygen atoms in total. The molecule has 0 aliphatic carbocycles. The average molecular weight is 201 g/mol. The van der Waals surface area contributed by atoms with E-state index in [1.165, 1.54) is 0 Å². The molecular weight excluding hydrogens is 190 g/mol. The van der Waals surface area contributed by atoms with E-state index in [9.17, 15) is 0 Å². The molecule has 0 fully saturated rings. The van der Waals surface area contributed by atoms with Crippen molar-refractivity contribution in [3.05, 3.63) is 0 Å². The molecule has 3 N–H and O–H groups in total. The van der Waals surface area contributed by atoms with Crippen LogP contribution in [0.25, 0.3) is 0 Å². The first kappa shape index (κ1) is 11.4. The van der Waals surface area contributed by atoms with Crippen molar-refractivity contribution >= 4 is 0 Å². The number of aliphatic hydroxyl groups is 2. The minimum absolute atomic E-state index is 0. The second-order valence-electron chi connectivity index (χ2n) is 1.20. The molecule has 4 heteroatoms. The normalized spacial score (nSPS) is 8.25. The van der Waals surface area contributed by atoms with Gasteiger partial charge in [-0.1, -0.05) is 0 Å². The van der Waals surface area contributed by atoms with Crippen molar-refractivity contribution in [3.8, 4) is 0 Å². The summed E-state index contributed by atoms with van der Waals surface area (Å²) in [5.41, 5.74) is 0. The number of hydrogen-bond acceptors (Lipinski definition) is 3. The molecule has 50 valence electrons. The molecule has 0 spiro atoms. The summed E-state index contributed by atoms with van der Waals surface area (Å²) < 4.78 is 0. The third kappa shape index (κ3) is 9.76. The summed E-state index contributed by atoms with van der Waals surface area (Å²) in [7, 11) is 0. The first-order chi connectivity index (χ1) is 3.41.